The van der Waals surface area contributed by atoms with E-state index in [9.17, 15) is 8.78 Å². The Hall–Kier alpha value is -3.04. The number of anilines is 1. The van der Waals surface area contributed by atoms with Crippen LogP contribution >= 0.6 is 0 Å². The maximum absolute atomic E-state index is 12.9. The summed E-state index contributed by atoms with van der Waals surface area (Å²) in [6.07, 6.45) is -0.953. The van der Waals surface area contributed by atoms with E-state index in [1.54, 1.807) is 31.3 Å². The second-order valence-corrected chi connectivity index (χ2v) is 5.60. The first-order valence-electron chi connectivity index (χ1n) is 7.46. The molecule has 7 nitrogen and oxygen atoms in total. The number of hydrogen-bond donors (Lipinski definition) is 1. The lowest BCUT2D eigenvalue weighted by molar-refractivity contribution is 0.127. The molecule has 0 aliphatic rings. The lowest BCUT2D eigenvalue weighted by Gasteiger charge is -2.06. The molecule has 0 spiro atoms. The first-order chi connectivity index (χ1) is 11.9. The van der Waals surface area contributed by atoms with E-state index in [-0.39, 0.29) is 5.95 Å². The zero-order valence-electron chi connectivity index (χ0n) is 13.2. The van der Waals surface area contributed by atoms with E-state index in [2.05, 4.69) is 20.1 Å². The van der Waals surface area contributed by atoms with Crippen LogP contribution in [0.5, 0.6) is 0 Å². The number of aromatic nitrogens is 6. The molecule has 0 aliphatic carbocycles. The monoisotopic (exact) mass is 339 g/mol. The lowest BCUT2D eigenvalue weighted by atomic mass is 10.0. The van der Waals surface area contributed by atoms with E-state index < -0.39 is 13.0 Å². The molecule has 4 aromatic rings. The van der Waals surface area contributed by atoms with Gasteiger partial charge in [-0.2, -0.15) is 0 Å². The first-order valence-corrected chi connectivity index (χ1v) is 7.46. The zero-order chi connectivity index (χ0) is 17.7. The molecule has 0 aliphatic heterocycles. The first kappa shape index (κ1) is 15.5. The third kappa shape index (κ3) is 2.50. The maximum atomic E-state index is 12.9. The van der Waals surface area contributed by atoms with Gasteiger partial charge in [0, 0.05) is 5.56 Å². The van der Waals surface area contributed by atoms with Crippen LogP contribution in [-0.4, -0.2) is 43.4 Å². The van der Waals surface area contributed by atoms with E-state index in [0.29, 0.717) is 39.4 Å². The fraction of sp³-hybridized carbons (Fsp3) is 0.200. The number of nitrogens with two attached hydrogens (primary N) is 1. The van der Waals surface area contributed by atoms with Crippen LogP contribution in [0.2, 0.25) is 0 Å². The molecule has 0 unspecified atom stereocenters. The number of fused-ring (bicyclic) bond motifs is 2. The fourth-order valence-electron chi connectivity index (χ4n) is 2.85. The summed E-state index contributed by atoms with van der Waals surface area (Å²) < 4.78 is 28.6. The number of aryl methyl sites for hydroxylation is 1. The zero-order valence-corrected chi connectivity index (χ0v) is 13.2. The van der Waals surface area contributed by atoms with Gasteiger partial charge < -0.3 is 10.3 Å². The summed E-state index contributed by atoms with van der Waals surface area (Å²) in [5.74, 6) is 0.577. The highest BCUT2D eigenvalue weighted by Gasteiger charge is 2.16. The standard InChI is InChI=1S/C15H12BF2N7/c1-7-21-10-3-2-9(22-14(10)24(7)6-13(17)18)8-4-12(16)25-11(8)5-20-15(19)23-25/h2-5,13H,6H2,1H3,(H2,19,23). The minimum Gasteiger partial charge on any atom is -0.367 e. The average molecular weight is 339 g/mol. The van der Waals surface area contributed by atoms with Crippen molar-refractivity contribution in [2.75, 3.05) is 5.73 Å². The highest BCUT2D eigenvalue weighted by Crippen LogP contribution is 2.25. The molecule has 4 heterocycles. The summed E-state index contributed by atoms with van der Waals surface area (Å²) in [5.41, 5.74) is 8.77. The van der Waals surface area contributed by atoms with Gasteiger partial charge in [-0.3, -0.25) is 0 Å². The third-order valence-corrected chi connectivity index (χ3v) is 3.94. The van der Waals surface area contributed by atoms with Gasteiger partial charge in [0.25, 0.3) is 6.43 Å². The molecule has 0 saturated carbocycles. The minimum absolute atomic E-state index is 0.0930. The third-order valence-electron chi connectivity index (χ3n) is 3.94. The molecule has 0 bridgehead atoms. The van der Waals surface area contributed by atoms with Crippen LogP contribution in [-0.2, 0) is 6.54 Å². The van der Waals surface area contributed by atoms with Crippen molar-refractivity contribution >= 4 is 36.1 Å². The van der Waals surface area contributed by atoms with E-state index in [1.807, 2.05) is 0 Å². The second-order valence-electron chi connectivity index (χ2n) is 5.60. The van der Waals surface area contributed by atoms with Gasteiger partial charge in [0.05, 0.1) is 24.0 Å². The van der Waals surface area contributed by atoms with Crippen molar-refractivity contribution in [1.29, 1.82) is 0 Å². The number of halogens is 2. The number of alkyl halides is 2. The maximum Gasteiger partial charge on any atom is 0.256 e. The Bertz CT molecular complexity index is 1100. The van der Waals surface area contributed by atoms with Crippen LogP contribution in [0, 0.1) is 6.92 Å². The van der Waals surface area contributed by atoms with E-state index in [0.717, 1.165) is 0 Å². The molecule has 0 aromatic carbocycles. The number of nitrogens with zero attached hydrogens (tertiary/aromatic N) is 6. The van der Waals surface area contributed by atoms with Crippen LogP contribution in [0.3, 0.4) is 0 Å². The summed E-state index contributed by atoms with van der Waals surface area (Å²) in [5, 5.41) is 4.06. The number of nitrogen functional groups attached to an aromatic ring is 1. The number of hydrogen-bond acceptors (Lipinski definition) is 5. The molecule has 0 fully saturated rings. The molecule has 124 valence electrons. The average Bonchev–Trinajstić information content (AvgIpc) is 3.04. The largest absolute Gasteiger partial charge is 0.367 e. The van der Waals surface area contributed by atoms with Gasteiger partial charge in [-0.15, -0.1) is 5.10 Å². The van der Waals surface area contributed by atoms with Crippen molar-refractivity contribution in [3.05, 3.63) is 30.2 Å². The minimum atomic E-state index is -2.50. The van der Waals surface area contributed by atoms with Gasteiger partial charge in [-0.1, -0.05) is 0 Å². The molecule has 2 N–H and O–H groups in total. The predicted octanol–water partition coefficient (Wildman–Crippen LogP) is 1.09. The van der Waals surface area contributed by atoms with E-state index in [4.69, 9.17) is 13.6 Å². The molecule has 4 rings (SSSR count). The van der Waals surface area contributed by atoms with Gasteiger partial charge in [0.2, 0.25) is 5.95 Å². The summed E-state index contributed by atoms with van der Waals surface area (Å²) in [6.45, 7) is 1.21. The molecule has 0 atom stereocenters. The topological polar surface area (TPSA) is 86.9 Å². The van der Waals surface area contributed by atoms with Crippen LogP contribution in [0.25, 0.3) is 27.9 Å². The highest BCUT2D eigenvalue weighted by atomic mass is 19.3. The number of imidazole rings is 1. The molecular weight excluding hydrogens is 327 g/mol. The van der Waals surface area contributed by atoms with Gasteiger partial charge in [-0.25, -0.2) is 28.2 Å². The van der Waals surface area contributed by atoms with Crippen molar-refractivity contribution in [2.45, 2.75) is 19.9 Å². The van der Waals surface area contributed by atoms with E-state index >= 15 is 0 Å². The summed E-state index contributed by atoms with van der Waals surface area (Å²) >= 11 is 0. The fourth-order valence-corrected chi connectivity index (χ4v) is 2.85. The van der Waals surface area contributed by atoms with E-state index in [1.165, 1.54) is 9.08 Å². The molecule has 25 heavy (non-hydrogen) atoms. The van der Waals surface area contributed by atoms with Crippen LogP contribution < -0.4 is 11.3 Å². The summed E-state index contributed by atoms with van der Waals surface area (Å²) in [7, 11) is 5.97. The predicted molar refractivity (Wildman–Crippen MR) is 90.1 cm³/mol. The number of rotatable bonds is 3. The molecule has 4 aromatic heterocycles. The molecular formula is C15H12BF2N7. The Morgan fingerprint density at radius 3 is 2.84 bits per heavy atom. The van der Waals surface area contributed by atoms with Crippen LogP contribution in [0.1, 0.15) is 5.82 Å². The Balaban J connectivity index is 1.93. The van der Waals surface area contributed by atoms with Crippen molar-refractivity contribution in [2.24, 2.45) is 0 Å². The lowest BCUT2D eigenvalue weighted by Crippen LogP contribution is -2.13. The van der Waals surface area contributed by atoms with Crippen LogP contribution in [0.15, 0.2) is 24.4 Å². The van der Waals surface area contributed by atoms with Gasteiger partial charge >= 0.3 is 0 Å². The van der Waals surface area contributed by atoms with Gasteiger partial charge in [-0.05, 0) is 30.7 Å². The summed E-state index contributed by atoms with van der Waals surface area (Å²) in [4.78, 5) is 12.8. The van der Waals surface area contributed by atoms with Gasteiger partial charge in [0.15, 0.2) is 5.65 Å². The normalized spacial score (nSPS) is 11.8. The Morgan fingerprint density at radius 2 is 2.08 bits per heavy atom. The summed E-state index contributed by atoms with van der Waals surface area (Å²) in [6, 6.07) is 5.19. The SMILES string of the molecule is [B]c1cc(-c2ccc3nc(C)n(CC(F)F)c3n2)c2cnc(N)nn12. The second kappa shape index (κ2) is 5.50. The van der Waals surface area contributed by atoms with Gasteiger partial charge in [0.1, 0.15) is 19.2 Å². The Morgan fingerprint density at radius 1 is 1.28 bits per heavy atom. The molecule has 2 radical (unpaired) electrons. The highest BCUT2D eigenvalue weighted by molar-refractivity contribution is 6.32. The Labute approximate surface area is 141 Å². The van der Waals surface area contributed by atoms with Crippen LogP contribution in [0.4, 0.5) is 14.7 Å². The molecule has 10 heteroatoms. The smallest absolute Gasteiger partial charge is 0.256 e. The molecule has 0 amide bonds. The van der Waals surface area contributed by atoms with Crippen molar-refractivity contribution in [3.8, 4) is 11.3 Å². The quantitative estimate of drug-likeness (QED) is 0.565. The molecule has 0 saturated heterocycles. The Kier molecular flexibility index (Phi) is 3.41. The van der Waals surface area contributed by atoms with Crippen molar-refractivity contribution in [1.82, 2.24) is 29.1 Å². The van der Waals surface area contributed by atoms with Crippen molar-refractivity contribution < 1.29 is 8.78 Å². The van der Waals surface area contributed by atoms with Crippen molar-refractivity contribution in [3.63, 3.8) is 0 Å². The number of pyridine rings is 1.